The third-order valence-electron chi connectivity index (χ3n) is 3.73. The zero-order valence-corrected chi connectivity index (χ0v) is 11.5. The van der Waals surface area contributed by atoms with Crippen molar-refractivity contribution in [3.8, 4) is 5.75 Å². The summed E-state index contributed by atoms with van der Waals surface area (Å²) in [4.78, 5) is 0. The smallest absolute Gasteiger partial charge is 0.125 e. The summed E-state index contributed by atoms with van der Waals surface area (Å²) in [5, 5.41) is 0. The van der Waals surface area contributed by atoms with Crippen molar-refractivity contribution in [1.82, 2.24) is 0 Å². The predicted octanol–water partition coefficient (Wildman–Crippen LogP) is 4.05. The number of methoxy groups -OCH3 is 1. The van der Waals surface area contributed by atoms with Crippen LogP contribution in [0.1, 0.15) is 36.6 Å². The Kier molecular flexibility index (Phi) is 2.83. The molecule has 0 spiro atoms. The fourth-order valence-corrected chi connectivity index (χ4v) is 2.81. The van der Waals surface area contributed by atoms with Crippen molar-refractivity contribution in [1.29, 1.82) is 0 Å². The van der Waals surface area contributed by atoms with E-state index in [0.29, 0.717) is 0 Å². The Bertz CT molecular complexity index is 602. The van der Waals surface area contributed by atoms with E-state index in [1.165, 1.54) is 11.1 Å². The van der Waals surface area contributed by atoms with E-state index < -0.39 is 0 Å². The van der Waals surface area contributed by atoms with Crippen LogP contribution in [0.15, 0.2) is 48.5 Å². The molecule has 2 aromatic rings. The third kappa shape index (κ3) is 1.92. The molecule has 0 saturated carbocycles. The average Bonchev–Trinajstić information content (AvgIpc) is 2.71. The van der Waals surface area contributed by atoms with Crippen molar-refractivity contribution in [2.24, 2.45) is 0 Å². The molecule has 0 saturated heterocycles. The summed E-state index contributed by atoms with van der Waals surface area (Å²) in [6, 6.07) is 16.5. The van der Waals surface area contributed by atoms with Gasteiger partial charge in [-0.15, -0.1) is 0 Å². The number of ether oxygens (including phenoxy) is 2. The summed E-state index contributed by atoms with van der Waals surface area (Å²) in [6.45, 7) is 4.22. The Hall–Kier alpha value is -1.80. The quantitative estimate of drug-likeness (QED) is 0.805. The van der Waals surface area contributed by atoms with Gasteiger partial charge in [-0.2, -0.15) is 0 Å². The fraction of sp³-hybridized carbons (Fsp3) is 0.294. The molecule has 0 fully saturated rings. The van der Waals surface area contributed by atoms with E-state index in [1.807, 2.05) is 18.2 Å². The van der Waals surface area contributed by atoms with Gasteiger partial charge in [-0.3, -0.25) is 0 Å². The van der Waals surface area contributed by atoms with E-state index in [0.717, 1.165) is 11.3 Å². The summed E-state index contributed by atoms with van der Waals surface area (Å²) >= 11 is 0. The molecule has 0 N–H and O–H groups in total. The highest BCUT2D eigenvalue weighted by molar-refractivity contribution is 5.47. The number of hydrogen-bond donors (Lipinski definition) is 0. The van der Waals surface area contributed by atoms with Gasteiger partial charge in [0, 0.05) is 5.56 Å². The van der Waals surface area contributed by atoms with Gasteiger partial charge in [-0.05, 0) is 31.0 Å². The zero-order valence-electron chi connectivity index (χ0n) is 11.5. The van der Waals surface area contributed by atoms with Crippen LogP contribution < -0.4 is 4.74 Å². The molecule has 2 heteroatoms. The van der Waals surface area contributed by atoms with Crippen LogP contribution in [0.2, 0.25) is 0 Å². The van der Waals surface area contributed by atoms with Crippen LogP contribution in [0.4, 0.5) is 0 Å². The second kappa shape index (κ2) is 4.39. The van der Waals surface area contributed by atoms with Crippen LogP contribution in [-0.4, -0.2) is 7.11 Å². The van der Waals surface area contributed by atoms with Gasteiger partial charge >= 0.3 is 0 Å². The highest BCUT2D eigenvalue weighted by Crippen LogP contribution is 2.47. The lowest BCUT2D eigenvalue weighted by Gasteiger charge is -2.21. The van der Waals surface area contributed by atoms with Crippen LogP contribution >= 0.6 is 0 Å². The lowest BCUT2D eigenvalue weighted by Crippen LogP contribution is -2.16. The second-order valence-corrected chi connectivity index (χ2v) is 5.34. The van der Waals surface area contributed by atoms with Gasteiger partial charge in [0.05, 0.1) is 12.7 Å². The predicted molar refractivity (Wildman–Crippen MR) is 75.4 cm³/mol. The molecular formula is C17H18O2. The number of rotatable bonds is 2. The molecular weight excluding hydrogens is 236 g/mol. The largest absolute Gasteiger partial charge is 0.496 e. The number of fused-ring (bicyclic) bond motifs is 1. The van der Waals surface area contributed by atoms with Crippen molar-refractivity contribution in [2.45, 2.75) is 25.6 Å². The van der Waals surface area contributed by atoms with Crippen LogP contribution in [-0.2, 0) is 10.3 Å². The average molecular weight is 254 g/mol. The second-order valence-electron chi connectivity index (χ2n) is 5.34. The molecule has 0 radical (unpaired) electrons. The van der Waals surface area contributed by atoms with Crippen molar-refractivity contribution < 1.29 is 9.47 Å². The number of benzene rings is 2. The third-order valence-corrected chi connectivity index (χ3v) is 3.73. The van der Waals surface area contributed by atoms with Gasteiger partial charge in [0.2, 0.25) is 0 Å². The zero-order chi connectivity index (χ0) is 13.5. The molecule has 19 heavy (non-hydrogen) atoms. The van der Waals surface area contributed by atoms with Gasteiger partial charge < -0.3 is 9.47 Å². The maximum Gasteiger partial charge on any atom is 0.125 e. The van der Waals surface area contributed by atoms with Crippen LogP contribution in [0.3, 0.4) is 0 Å². The SMILES string of the molecule is COc1ccccc1C1OC(C)(C)c2ccccc21. The normalized spacial score (nSPS) is 20.1. The van der Waals surface area contributed by atoms with E-state index in [9.17, 15) is 0 Å². The van der Waals surface area contributed by atoms with Crippen LogP contribution in [0, 0.1) is 0 Å². The van der Waals surface area contributed by atoms with Gasteiger partial charge in [0.1, 0.15) is 11.9 Å². The minimum atomic E-state index is -0.262. The Morgan fingerprint density at radius 3 is 2.32 bits per heavy atom. The topological polar surface area (TPSA) is 18.5 Å². The van der Waals surface area contributed by atoms with E-state index >= 15 is 0 Å². The first-order valence-corrected chi connectivity index (χ1v) is 6.53. The van der Waals surface area contributed by atoms with Gasteiger partial charge in [0.15, 0.2) is 0 Å². The molecule has 1 aliphatic rings. The Morgan fingerprint density at radius 1 is 0.947 bits per heavy atom. The molecule has 1 aliphatic heterocycles. The lowest BCUT2D eigenvalue weighted by molar-refractivity contribution is -0.0347. The Morgan fingerprint density at radius 2 is 1.58 bits per heavy atom. The highest BCUT2D eigenvalue weighted by Gasteiger charge is 2.39. The summed E-state index contributed by atoms with van der Waals surface area (Å²) in [5.41, 5.74) is 3.31. The molecule has 1 heterocycles. The highest BCUT2D eigenvalue weighted by atomic mass is 16.5. The van der Waals surface area contributed by atoms with Crippen LogP contribution in [0.25, 0.3) is 0 Å². The van der Waals surface area contributed by atoms with Gasteiger partial charge in [0.25, 0.3) is 0 Å². The monoisotopic (exact) mass is 254 g/mol. The first-order chi connectivity index (χ1) is 9.13. The van der Waals surface area contributed by atoms with Crippen molar-refractivity contribution in [3.05, 3.63) is 65.2 Å². The summed E-state index contributed by atoms with van der Waals surface area (Å²) in [6.07, 6.45) is -0.0534. The first kappa shape index (κ1) is 12.2. The maximum absolute atomic E-state index is 6.27. The number of para-hydroxylation sites is 1. The molecule has 1 unspecified atom stereocenters. The van der Waals surface area contributed by atoms with E-state index in [1.54, 1.807) is 7.11 Å². The molecule has 0 aromatic heterocycles. The van der Waals surface area contributed by atoms with Crippen molar-refractivity contribution >= 4 is 0 Å². The molecule has 0 bridgehead atoms. The molecule has 98 valence electrons. The van der Waals surface area contributed by atoms with Gasteiger partial charge in [-0.1, -0.05) is 42.5 Å². The molecule has 2 aromatic carbocycles. The van der Waals surface area contributed by atoms with Crippen molar-refractivity contribution in [2.75, 3.05) is 7.11 Å². The molecule has 2 nitrogen and oxygen atoms in total. The fourth-order valence-electron chi connectivity index (χ4n) is 2.81. The Labute approximate surface area is 114 Å². The van der Waals surface area contributed by atoms with E-state index in [4.69, 9.17) is 9.47 Å². The molecule has 0 aliphatic carbocycles. The summed E-state index contributed by atoms with van der Waals surface area (Å²) < 4.78 is 11.7. The Balaban J connectivity index is 2.14. The lowest BCUT2D eigenvalue weighted by atomic mass is 9.93. The summed E-state index contributed by atoms with van der Waals surface area (Å²) in [7, 11) is 1.70. The summed E-state index contributed by atoms with van der Waals surface area (Å²) in [5.74, 6) is 0.875. The standard InChI is InChI=1S/C17H18O2/c1-17(2)14-10-6-4-8-12(14)16(19-17)13-9-5-7-11-15(13)18-3/h4-11,16H,1-3H3. The van der Waals surface area contributed by atoms with Crippen molar-refractivity contribution in [3.63, 3.8) is 0 Å². The molecule has 3 rings (SSSR count). The van der Waals surface area contributed by atoms with Crippen LogP contribution in [0.5, 0.6) is 5.75 Å². The number of hydrogen-bond acceptors (Lipinski definition) is 2. The van der Waals surface area contributed by atoms with Gasteiger partial charge in [-0.25, -0.2) is 0 Å². The minimum absolute atomic E-state index is 0.0534. The minimum Gasteiger partial charge on any atom is -0.496 e. The maximum atomic E-state index is 6.27. The van der Waals surface area contributed by atoms with E-state index in [2.05, 4.69) is 44.2 Å². The molecule has 1 atom stereocenters. The molecule has 0 amide bonds. The van der Waals surface area contributed by atoms with E-state index in [-0.39, 0.29) is 11.7 Å². The first-order valence-electron chi connectivity index (χ1n) is 6.53.